The molecule has 0 radical (unpaired) electrons. The molecule has 1 rings (SSSR count). The maximum Gasteiger partial charge on any atom is 0.188 e. The van der Waals surface area contributed by atoms with E-state index < -0.39 is 0 Å². The average Bonchev–Trinajstić information content (AvgIpc) is 2.37. The highest BCUT2D eigenvalue weighted by Crippen LogP contribution is 2.13. The third kappa shape index (κ3) is 6.26. The zero-order chi connectivity index (χ0) is 12.3. The van der Waals surface area contributed by atoms with Crippen molar-refractivity contribution in [3.63, 3.8) is 0 Å². The molecule has 17 heavy (non-hydrogen) atoms. The van der Waals surface area contributed by atoms with Gasteiger partial charge in [0.2, 0.25) is 0 Å². The van der Waals surface area contributed by atoms with Crippen LogP contribution < -0.4 is 4.74 Å². The summed E-state index contributed by atoms with van der Waals surface area (Å²) in [6.07, 6.45) is 1.98. The number of hydrogen-bond acceptors (Lipinski definition) is 4. The van der Waals surface area contributed by atoms with E-state index in [4.69, 9.17) is 18.9 Å². The fraction of sp³-hybridized carbons (Fsp3) is 0.538. The van der Waals surface area contributed by atoms with Gasteiger partial charge in [0.25, 0.3) is 0 Å². The van der Waals surface area contributed by atoms with Crippen LogP contribution in [0.5, 0.6) is 5.75 Å². The minimum absolute atomic E-state index is 0.282. The Morgan fingerprint density at radius 3 is 2.29 bits per heavy atom. The van der Waals surface area contributed by atoms with Crippen LogP contribution in [0.4, 0.5) is 0 Å². The van der Waals surface area contributed by atoms with Crippen molar-refractivity contribution in [3.8, 4) is 5.75 Å². The molecule has 0 atom stereocenters. The second-order valence-electron chi connectivity index (χ2n) is 3.61. The number of methoxy groups -OCH3 is 2. The van der Waals surface area contributed by atoms with E-state index in [1.54, 1.807) is 14.2 Å². The Labute approximate surface area is 102 Å². The lowest BCUT2D eigenvalue weighted by Gasteiger charge is -2.06. The molecule has 0 spiro atoms. The fourth-order valence-electron chi connectivity index (χ4n) is 1.40. The fourth-order valence-corrected chi connectivity index (χ4v) is 1.40. The third-order valence-electron chi connectivity index (χ3n) is 2.22. The molecule has 4 heteroatoms. The third-order valence-corrected chi connectivity index (χ3v) is 2.22. The van der Waals surface area contributed by atoms with Crippen LogP contribution in [0.1, 0.15) is 12.0 Å². The normalized spacial score (nSPS) is 10.5. The molecule has 1 aromatic rings. The molecule has 0 bridgehead atoms. The van der Waals surface area contributed by atoms with Crippen molar-refractivity contribution in [1.82, 2.24) is 0 Å². The highest BCUT2D eigenvalue weighted by molar-refractivity contribution is 5.27. The Bertz CT molecular complexity index is 284. The van der Waals surface area contributed by atoms with Crippen LogP contribution >= 0.6 is 0 Å². The minimum Gasteiger partial charge on any atom is -0.468 e. The Hall–Kier alpha value is -1.10. The molecular formula is C13H20O4. The molecule has 0 amide bonds. The van der Waals surface area contributed by atoms with E-state index in [0.29, 0.717) is 6.79 Å². The van der Waals surface area contributed by atoms with E-state index in [2.05, 4.69) is 12.1 Å². The van der Waals surface area contributed by atoms with Crippen LogP contribution in [-0.4, -0.2) is 34.4 Å². The first-order chi connectivity index (χ1) is 8.36. The van der Waals surface area contributed by atoms with Gasteiger partial charge in [0, 0.05) is 20.8 Å². The molecule has 0 fully saturated rings. The van der Waals surface area contributed by atoms with Gasteiger partial charge in [0.05, 0.1) is 0 Å². The summed E-state index contributed by atoms with van der Waals surface area (Å²) in [6, 6.07) is 8.01. The summed E-state index contributed by atoms with van der Waals surface area (Å²) in [6.45, 7) is 1.36. The van der Waals surface area contributed by atoms with Gasteiger partial charge in [-0.3, -0.25) is 0 Å². The summed E-state index contributed by atoms with van der Waals surface area (Å²) >= 11 is 0. The number of ether oxygens (including phenoxy) is 4. The van der Waals surface area contributed by atoms with Gasteiger partial charge in [0.15, 0.2) is 6.79 Å². The monoisotopic (exact) mass is 240 g/mol. The molecular weight excluding hydrogens is 220 g/mol. The lowest BCUT2D eigenvalue weighted by Crippen LogP contribution is -2.00. The SMILES string of the molecule is COCOCCCc1ccc(OCOC)cc1. The maximum absolute atomic E-state index is 5.30. The summed E-state index contributed by atoms with van der Waals surface area (Å²) in [5, 5.41) is 0. The predicted molar refractivity (Wildman–Crippen MR) is 65.1 cm³/mol. The molecule has 0 aliphatic heterocycles. The molecule has 0 aromatic heterocycles. The average molecular weight is 240 g/mol. The lowest BCUT2D eigenvalue weighted by molar-refractivity contribution is -0.0310. The Kier molecular flexibility index (Phi) is 7.38. The van der Waals surface area contributed by atoms with Gasteiger partial charge in [-0.25, -0.2) is 0 Å². The number of aryl methyl sites for hydroxylation is 1. The van der Waals surface area contributed by atoms with E-state index in [-0.39, 0.29) is 6.79 Å². The number of hydrogen-bond donors (Lipinski definition) is 0. The maximum atomic E-state index is 5.30. The standard InChI is InChI=1S/C13H20O4/c1-14-10-16-9-3-4-12-5-7-13(8-6-12)17-11-15-2/h5-8H,3-4,9-11H2,1-2H3. The van der Waals surface area contributed by atoms with E-state index in [0.717, 1.165) is 25.2 Å². The van der Waals surface area contributed by atoms with Gasteiger partial charge in [-0.1, -0.05) is 12.1 Å². The van der Waals surface area contributed by atoms with Crippen molar-refractivity contribution in [2.24, 2.45) is 0 Å². The summed E-state index contributed by atoms with van der Waals surface area (Å²) in [5.74, 6) is 0.825. The number of benzene rings is 1. The molecule has 0 aliphatic carbocycles. The van der Waals surface area contributed by atoms with Crippen LogP contribution in [-0.2, 0) is 20.6 Å². The van der Waals surface area contributed by atoms with Crippen molar-refractivity contribution in [1.29, 1.82) is 0 Å². The first-order valence-corrected chi connectivity index (χ1v) is 5.64. The van der Waals surface area contributed by atoms with Crippen molar-refractivity contribution < 1.29 is 18.9 Å². The highest BCUT2D eigenvalue weighted by Gasteiger charge is 1.96. The molecule has 0 aliphatic rings. The predicted octanol–water partition coefficient (Wildman–Crippen LogP) is 2.22. The number of rotatable bonds is 9. The Morgan fingerprint density at radius 2 is 1.65 bits per heavy atom. The highest BCUT2D eigenvalue weighted by atomic mass is 16.7. The first kappa shape index (κ1) is 14.0. The van der Waals surface area contributed by atoms with Gasteiger partial charge in [-0.05, 0) is 30.5 Å². The molecule has 4 nitrogen and oxygen atoms in total. The van der Waals surface area contributed by atoms with Gasteiger partial charge >= 0.3 is 0 Å². The van der Waals surface area contributed by atoms with E-state index in [1.165, 1.54) is 5.56 Å². The summed E-state index contributed by atoms with van der Waals surface area (Å²) in [5.41, 5.74) is 1.27. The zero-order valence-corrected chi connectivity index (χ0v) is 10.5. The molecule has 0 saturated carbocycles. The summed E-state index contributed by atoms with van der Waals surface area (Å²) in [7, 11) is 3.23. The van der Waals surface area contributed by atoms with Crippen molar-refractivity contribution in [3.05, 3.63) is 29.8 Å². The van der Waals surface area contributed by atoms with Gasteiger partial charge in [-0.15, -0.1) is 0 Å². The Morgan fingerprint density at radius 1 is 0.941 bits per heavy atom. The van der Waals surface area contributed by atoms with E-state index in [9.17, 15) is 0 Å². The van der Waals surface area contributed by atoms with E-state index >= 15 is 0 Å². The molecule has 96 valence electrons. The summed E-state index contributed by atoms with van der Waals surface area (Å²) in [4.78, 5) is 0. The van der Waals surface area contributed by atoms with Crippen molar-refractivity contribution in [2.45, 2.75) is 12.8 Å². The smallest absolute Gasteiger partial charge is 0.188 e. The second kappa shape index (κ2) is 8.98. The van der Waals surface area contributed by atoms with Crippen LogP contribution in [0.15, 0.2) is 24.3 Å². The topological polar surface area (TPSA) is 36.9 Å². The lowest BCUT2D eigenvalue weighted by atomic mass is 10.1. The van der Waals surface area contributed by atoms with Gasteiger partial charge in [-0.2, -0.15) is 0 Å². The van der Waals surface area contributed by atoms with Gasteiger partial charge < -0.3 is 18.9 Å². The van der Waals surface area contributed by atoms with Crippen LogP contribution in [0.25, 0.3) is 0 Å². The molecule has 0 N–H and O–H groups in total. The zero-order valence-electron chi connectivity index (χ0n) is 10.5. The molecule has 1 aromatic carbocycles. The molecule has 0 unspecified atom stereocenters. The largest absolute Gasteiger partial charge is 0.468 e. The van der Waals surface area contributed by atoms with Crippen molar-refractivity contribution >= 4 is 0 Å². The first-order valence-electron chi connectivity index (χ1n) is 5.64. The van der Waals surface area contributed by atoms with Crippen LogP contribution in [0, 0.1) is 0 Å². The van der Waals surface area contributed by atoms with Gasteiger partial charge in [0.1, 0.15) is 12.5 Å². The minimum atomic E-state index is 0.282. The molecule has 0 heterocycles. The van der Waals surface area contributed by atoms with Crippen molar-refractivity contribution in [2.75, 3.05) is 34.4 Å². The molecule has 0 saturated heterocycles. The Balaban J connectivity index is 2.20. The summed E-state index contributed by atoms with van der Waals surface area (Å²) < 4.78 is 20.1. The van der Waals surface area contributed by atoms with Crippen LogP contribution in [0.3, 0.4) is 0 Å². The second-order valence-corrected chi connectivity index (χ2v) is 3.61. The quantitative estimate of drug-likeness (QED) is 0.490. The van der Waals surface area contributed by atoms with Crippen LogP contribution in [0.2, 0.25) is 0 Å². The van der Waals surface area contributed by atoms with E-state index in [1.807, 2.05) is 12.1 Å².